The quantitative estimate of drug-likeness (QED) is 0.461. The molecule has 2 fully saturated rings. The molecule has 2 saturated heterocycles. The van der Waals surface area contributed by atoms with Gasteiger partial charge in [-0.05, 0) is 0 Å². The smallest absolute Gasteiger partial charge is 0.136 e. The van der Waals surface area contributed by atoms with Crippen LogP contribution in [0.3, 0.4) is 0 Å². The first kappa shape index (κ1) is 9.28. The van der Waals surface area contributed by atoms with Crippen molar-refractivity contribution < 1.29 is 29.8 Å². The summed E-state index contributed by atoms with van der Waals surface area (Å²) in [6.07, 6.45) is -2.11. The molecule has 0 aromatic carbocycles. The van der Waals surface area contributed by atoms with Crippen LogP contribution in [0.5, 0.6) is 0 Å². The van der Waals surface area contributed by atoms with Crippen molar-refractivity contribution >= 4 is 0 Å². The third-order valence-corrected chi connectivity index (χ3v) is 2.21. The van der Waals surface area contributed by atoms with E-state index in [1.54, 1.807) is 0 Å². The van der Waals surface area contributed by atoms with Gasteiger partial charge in [-0.15, -0.1) is 0 Å². The summed E-state index contributed by atoms with van der Waals surface area (Å²) in [5.74, 6) is 0. The minimum Gasteiger partial charge on any atom is -0.388 e. The van der Waals surface area contributed by atoms with Crippen LogP contribution in [0.15, 0.2) is 0 Å². The van der Waals surface area contributed by atoms with E-state index in [0.717, 1.165) is 0 Å². The summed E-state index contributed by atoms with van der Waals surface area (Å²) in [7, 11) is 0. The maximum absolute atomic E-state index is 9.31. The Morgan fingerprint density at radius 2 is 1.85 bits per heavy atom. The molecule has 4 atom stereocenters. The summed E-state index contributed by atoms with van der Waals surface area (Å²) in [6.45, 7) is 0.357. The molecule has 2 aliphatic rings. The molecule has 0 unspecified atom stereocenters. The van der Waals surface area contributed by atoms with Crippen LogP contribution in [0.2, 0.25) is 0 Å². The lowest BCUT2D eigenvalue weighted by molar-refractivity contribution is -0.507. The highest BCUT2D eigenvalue weighted by molar-refractivity contribution is 4.94. The highest BCUT2D eigenvalue weighted by Crippen LogP contribution is 2.28. The predicted molar refractivity (Wildman–Crippen MR) is 35.8 cm³/mol. The van der Waals surface area contributed by atoms with Gasteiger partial charge in [0.15, 0.2) is 0 Å². The molecule has 0 aromatic heterocycles. The van der Waals surface area contributed by atoms with E-state index in [1.807, 2.05) is 0 Å². The van der Waals surface area contributed by atoms with E-state index in [4.69, 9.17) is 19.9 Å². The van der Waals surface area contributed by atoms with Crippen LogP contribution < -0.4 is 0 Å². The first-order valence-corrected chi connectivity index (χ1v) is 3.94. The summed E-state index contributed by atoms with van der Waals surface area (Å²) >= 11 is 0. The molecule has 0 aromatic rings. The van der Waals surface area contributed by atoms with E-state index in [9.17, 15) is 5.11 Å². The molecule has 7 heteroatoms. The van der Waals surface area contributed by atoms with Crippen LogP contribution >= 0.6 is 0 Å². The molecule has 0 spiro atoms. The Bertz CT molecular complexity index is 188. The molecule has 0 saturated carbocycles. The molecule has 2 heterocycles. The first-order chi connectivity index (χ1) is 6.18. The fourth-order valence-corrected chi connectivity index (χ4v) is 1.66. The number of rotatable bonds is 2. The zero-order valence-corrected chi connectivity index (χ0v) is 6.74. The number of aliphatic hydroxyl groups is 1. The molecule has 76 valence electrons. The Kier molecular flexibility index (Phi) is 2.47. The summed E-state index contributed by atoms with van der Waals surface area (Å²) in [6, 6.07) is 0. The molecule has 2 rings (SSSR count). The summed E-state index contributed by atoms with van der Waals surface area (Å²) in [5, 5.41) is 25.7. The second-order valence-corrected chi connectivity index (χ2v) is 3.06. The zero-order valence-electron chi connectivity index (χ0n) is 6.74. The van der Waals surface area contributed by atoms with Crippen molar-refractivity contribution in [3.63, 3.8) is 0 Å². The summed E-state index contributed by atoms with van der Waals surface area (Å²) < 4.78 is 10.3. The van der Waals surface area contributed by atoms with Crippen LogP contribution in [0.25, 0.3) is 0 Å². The van der Waals surface area contributed by atoms with Gasteiger partial charge in [0.05, 0.1) is 18.6 Å². The molecular weight excluding hydrogens is 182 g/mol. The number of aliphatic hydroxyl groups excluding tert-OH is 1. The van der Waals surface area contributed by atoms with Crippen molar-refractivity contribution in [2.45, 2.75) is 24.4 Å². The van der Waals surface area contributed by atoms with Crippen molar-refractivity contribution in [1.29, 1.82) is 0 Å². The highest BCUT2D eigenvalue weighted by atomic mass is 17.1. The lowest BCUT2D eigenvalue weighted by Crippen LogP contribution is -2.36. The van der Waals surface area contributed by atoms with Gasteiger partial charge in [0.1, 0.15) is 24.4 Å². The molecule has 13 heavy (non-hydrogen) atoms. The lowest BCUT2D eigenvalue weighted by atomic mass is 10.1. The average Bonchev–Trinajstić information content (AvgIpc) is 2.56. The number of fused-ring (bicyclic) bond motifs is 1. The molecule has 0 radical (unpaired) electrons. The van der Waals surface area contributed by atoms with E-state index in [-0.39, 0.29) is 18.6 Å². The lowest BCUT2D eigenvalue weighted by Gasteiger charge is -2.16. The van der Waals surface area contributed by atoms with Crippen LogP contribution in [-0.2, 0) is 14.3 Å². The van der Waals surface area contributed by atoms with E-state index in [2.05, 4.69) is 4.84 Å². The SMILES string of the molecule is O[C@H]1CO[C@H]2[C@@H]1OC[C@H]2ON(O)O. The summed E-state index contributed by atoms with van der Waals surface area (Å²) in [4.78, 5) is 4.56. The predicted octanol–water partition coefficient (Wildman–Crippen LogP) is -1.47. The molecule has 0 amide bonds. The third-order valence-electron chi connectivity index (χ3n) is 2.21. The molecule has 3 N–H and O–H groups in total. The van der Waals surface area contributed by atoms with Crippen molar-refractivity contribution in [3.8, 4) is 0 Å². The fourth-order valence-electron chi connectivity index (χ4n) is 1.66. The Balaban J connectivity index is 1.94. The van der Waals surface area contributed by atoms with Gasteiger partial charge in [0.2, 0.25) is 0 Å². The number of hydrogen-bond acceptors (Lipinski definition) is 7. The monoisotopic (exact) mass is 193 g/mol. The van der Waals surface area contributed by atoms with Crippen molar-refractivity contribution in [2.75, 3.05) is 13.2 Å². The van der Waals surface area contributed by atoms with Gasteiger partial charge in [0, 0.05) is 0 Å². The number of hydrogen-bond donors (Lipinski definition) is 3. The second kappa shape index (κ2) is 3.46. The van der Waals surface area contributed by atoms with Gasteiger partial charge < -0.3 is 14.6 Å². The zero-order chi connectivity index (χ0) is 9.42. The van der Waals surface area contributed by atoms with Crippen molar-refractivity contribution in [1.82, 2.24) is 5.39 Å². The van der Waals surface area contributed by atoms with Gasteiger partial charge in [-0.3, -0.25) is 10.4 Å². The van der Waals surface area contributed by atoms with Gasteiger partial charge in [-0.25, -0.2) is 4.84 Å². The van der Waals surface area contributed by atoms with Gasteiger partial charge >= 0.3 is 0 Å². The van der Waals surface area contributed by atoms with Gasteiger partial charge in [-0.1, -0.05) is 0 Å². The number of nitrogens with zero attached hydrogens (tertiary/aromatic N) is 1. The van der Waals surface area contributed by atoms with Gasteiger partial charge in [-0.2, -0.15) is 0 Å². The van der Waals surface area contributed by atoms with Crippen molar-refractivity contribution in [2.24, 2.45) is 0 Å². The standard InChI is InChI=1S/C6H11NO6/c8-3-1-11-6-4(13-7(9)10)2-12-5(3)6/h3-6,8-10H,1-2H2/t3-,4+,5+,6+/m0/s1. The van der Waals surface area contributed by atoms with Crippen LogP contribution in [0.1, 0.15) is 0 Å². The largest absolute Gasteiger partial charge is 0.388 e. The Labute approximate surface area is 73.9 Å². The molecule has 0 aliphatic carbocycles. The van der Waals surface area contributed by atoms with E-state index >= 15 is 0 Å². The van der Waals surface area contributed by atoms with E-state index in [0.29, 0.717) is 0 Å². The Hall–Kier alpha value is -0.280. The molecular formula is C6H11NO6. The van der Waals surface area contributed by atoms with Gasteiger partial charge in [0.25, 0.3) is 0 Å². The van der Waals surface area contributed by atoms with Crippen LogP contribution in [0.4, 0.5) is 0 Å². The van der Waals surface area contributed by atoms with Crippen LogP contribution in [-0.4, -0.2) is 58.5 Å². The molecule has 2 aliphatic heterocycles. The second-order valence-electron chi connectivity index (χ2n) is 3.06. The topological polar surface area (TPSA) is 91.6 Å². The highest BCUT2D eigenvalue weighted by Gasteiger charge is 2.48. The maximum atomic E-state index is 9.31. The maximum Gasteiger partial charge on any atom is 0.136 e. The van der Waals surface area contributed by atoms with E-state index in [1.165, 1.54) is 0 Å². The Morgan fingerprint density at radius 1 is 1.15 bits per heavy atom. The van der Waals surface area contributed by atoms with Crippen molar-refractivity contribution in [3.05, 3.63) is 0 Å². The van der Waals surface area contributed by atoms with Crippen LogP contribution in [0, 0.1) is 0 Å². The minimum absolute atomic E-state index is 0.171. The normalized spacial score (nSPS) is 44.3. The molecule has 7 nitrogen and oxygen atoms in total. The third kappa shape index (κ3) is 1.67. The average molecular weight is 193 g/mol. The fraction of sp³-hybridized carbons (Fsp3) is 1.00. The first-order valence-electron chi connectivity index (χ1n) is 3.94. The molecule has 0 bridgehead atoms. The minimum atomic E-state index is -0.663. The van der Waals surface area contributed by atoms with E-state index < -0.39 is 24.4 Å². The summed E-state index contributed by atoms with van der Waals surface area (Å²) in [5.41, 5.74) is 0. The number of ether oxygens (including phenoxy) is 2. The Morgan fingerprint density at radius 3 is 2.54 bits per heavy atom.